The van der Waals surface area contributed by atoms with Crippen LogP contribution in [0.2, 0.25) is 0 Å². The van der Waals surface area contributed by atoms with Crippen LogP contribution in [0.25, 0.3) is 0 Å². The molecule has 0 spiro atoms. The number of nitrogens with zero attached hydrogens (tertiary/aromatic N) is 1. The first-order valence-corrected chi connectivity index (χ1v) is 8.31. The Labute approximate surface area is 149 Å². The van der Waals surface area contributed by atoms with Crippen LogP contribution in [-0.4, -0.2) is 29.9 Å². The van der Waals surface area contributed by atoms with Crippen molar-refractivity contribution in [3.05, 3.63) is 69.3 Å². The topological polar surface area (TPSA) is 46.6 Å². The molecule has 0 aromatic heterocycles. The lowest BCUT2D eigenvalue weighted by atomic mass is 10.2. The van der Waals surface area contributed by atoms with Crippen LogP contribution in [0.15, 0.2) is 54.6 Å². The highest BCUT2D eigenvalue weighted by atomic mass is 127. The highest BCUT2D eigenvalue weighted by Gasteiger charge is 2.23. The summed E-state index contributed by atoms with van der Waals surface area (Å²) in [4.78, 5) is 26.1. The molecule has 1 amide bonds. The second-order valence-electron chi connectivity index (χ2n) is 5.21. The van der Waals surface area contributed by atoms with Crippen LogP contribution >= 0.6 is 22.6 Å². The summed E-state index contributed by atoms with van der Waals surface area (Å²) >= 11 is 2.07. The second kappa shape index (κ2) is 8.10. The van der Waals surface area contributed by atoms with E-state index in [9.17, 15) is 9.59 Å². The van der Waals surface area contributed by atoms with Crippen LogP contribution < -0.4 is 0 Å². The molecule has 0 aliphatic heterocycles. The van der Waals surface area contributed by atoms with Crippen molar-refractivity contribution in [3.63, 3.8) is 0 Å². The molecule has 0 fully saturated rings. The van der Waals surface area contributed by atoms with Gasteiger partial charge in [0.1, 0.15) is 0 Å². The lowest BCUT2D eigenvalue weighted by Gasteiger charge is -2.21. The monoisotopic (exact) mass is 423 g/mol. The molecule has 23 heavy (non-hydrogen) atoms. The molecule has 2 rings (SSSR count). The first-order chi connectivity index (χ1) is 11.0. The molecule has 0 aliphatic rings. The van der Waals surface area contributed by atoms with Gasteiger partial charge in [-0.05, 0) is 47.2 Å². The van der Waals surface area contributed by atoms with Crippen molar-refractivity contribution in [2.24, 2.45) is 0 Å². The van der Waals surface area contributed by atoms with Crippen molar-refractivity contribution in [1.29, 1.82) is 0 Å². The fourth-order valence-electron chi connectivity index (χ4n) is 2.15. The Kier molecular flexibility index (Phi) is 6.15. The number of amides is 1. The first-order valence-electron chi connectivity index (χ1n) is 7.23. The summed E-state index contributed by atoms with van der Waals surface area (Å²) in [7, 11) is 1.70. The smallest absolute Gasteiger partial charge is 0.339 e. The highest BCUT2D eigenvalue weighted by molar-refractivity contribution is 14.1. The van der Waals surface area contributed by atoms with Crippen LogP contribution in [0, 0.1) is 3.57 Å². The Bertz CT molecular complexity index is 688. The quantitative estimate of drug-likeness (QED) is 0.547. The summed E-state index contributed by atoms with van der Waals surface area (Å²) in [5.41, 5.74) is 1.50. The minimum Gasteiger partial charge on any atom is -0.449 e. The van der Waals surface area contributed by atoms with Gasteiger partial charge in [-0.1, -0.05) is 42.5 Å². The predicted octanol–water partition coefficient (Wildman–Crippen LogP) is 3.50. The van der Waals surface area contributed by atoms with E-state index in [1.165, 1.54) is 0 Å². The molecule has 0 N–H and O–H groups in total. The largest absolute Gasteiger partial charge is 0.449 e. The molecule has 0 radical (unpaired) electrons. The Morgan fingerprint density at radius 2 is 1.70 bits per heavy atom. The molecule has 1 atom stereocenters. The summed E-state index contributed by atoms with van der Waals surface area (Å²) in [6, 6.07) is 16.8. The van der Waals surface area contributed by atoms with E-state index in [0.29, 0.717) is 12.1 Å². The third-order valence-electron chi connectivity index (χ3n) is 3.36. The fourth-order valence-corrected chi connectivity index (χ4v) is 2.75. The minimum atomic E-state index is -0.827. The number of ether oxygens (including phenoxy) is 1. The van der Waals surface area contributed by atoms with Crippen molar-refractivity contribution < 1.29 is 14.3 Å². The summed E-state index contributed by atoms with van der Waals surface area (Å²) in [6.07, 6.45) is -0.827. The number of likely N-dealkylation sites (N-methyl/N-ethyl adjacent to an activating group) is 1. The van der Waals surface area contributed by atoms with Crippen LogP contribution in [-0.2, 0) is 16.1 Å². The molecule has 120 valence electrons. The molecule has 0 saturated carbocycles. The minimum absolute atomic E-state index is 0.229. The third kappa shape index (κ3) is 4.79. The van der Waals surface area contributed by atoms with Gasteiger partial charge in [-0.25, -0.2) is 4.79 Å². The normalized spacial score (nSPS) is 11.6. The van der Waals surface area contributed by atoms with Crippen LogP contribution in [0.1, 0.15) is 22.8 Å². The van der Waals surface area contributed by atoms with E-state index in [4.69, 9.17) is 4.74 Å². The van der Waals surface area contributed by atoms with E-state index < -0.39 is 12.1 Å². The van der Waals surface area contributed by atoms with E-state index in [1.54, 1.807) is 31.0 Å². The summed E-state index contributed by atoms with van der Waals surface area (Å²) in [5.74, 6) is -0.711. The number of rotatable bonds is 5. The van der Waals surface area contributed by atoms with Gasteiger partial charge in [-0.15, -0.1) is 0 Å². The van der Waals surface area contributed by atoms with Gasteiger partial charge in [-0.3, -0.25) is 4.79 Å². The number of carbonyl (C=O) groups is 2. The zero-order valence-corrected chi connectivity index (χ0v) is 15.2. The SMILES string of the molecule is CC(OC(=O)c1ccccc1I)C(=O)N(C)Cc1ccccc1. The van der Waals surface area contributed by atoms with E-state index in [0.717, 1.165) is 9.13 Å². The average Bonchev–Trinajstić information content (AvgIpc) is 2.55. The van der Waals surface area contributed by atoms with Gasteiger partial charge in [0.25, 0.3) is 5.91 Å². The van der Waals surface area contributed by atoms with Gasteiger partial charge in [0.2, 0.25) is 0 Å². The van der Waals surface area contributed by atoms with Gasteiger partial charge < -0.3 is 9.64 Å². The average molecular weight is 423 g/mol. The third-order valence-corrected chi connectivity index (χ3v) is 4.30. The first kappa shape index (κ1) is 17.5. The van der Waals surface area contributed by atoms with Gasteiger partial charge >= 0.3 is 5.97 Å². The molecule has 5 heteroatoms. The Morgan fingerprint density at radius 1 is 1.09 bits per heavy atom. The predicted molar refractivity (Wildman–Crippen MR) is 97.0 cm³/mol. The fraction of sp³-hybridized carbons (Fsp3) is 0.222. The second-order valence-corrected chi connectivity index (χ2v) is 6.37. The van der Waals surface area contributed by atoms with Gasteiger partial charge in [-0.2, -0.15) is 0 Å². The summed E-state index contributed by atoms with van der Waals surface area (Å²) in [6.45, 7) is 2.07. The van der Waals surface area contributed by atoms with Crippen molar-refractivity contribution >= 4 is 34.5 Å². The number of benzene rings is 2. The molecule has 1 unspecified atom stereocenters. The summed E-state index contributed by atoms with van der Waals surface area (Å²) < 4.78 is 6.10. The highest BCUT2D eigenvalue weighted by Crippen LogP contribution is 2.14. The molecular weight excluding hydrogens is 405 g/mol. The Hall–Kier alpha value is -1.89. The van der Waals surface area contributed by atoms with Crippen molar-refractivity contribution in [2.45, 2.75) is 19.6 Å². The van der Waals surface area contributed by atoms with Gasteiger partial charge in [0.15, 0.2) is 6.10 Å². The molecule has 0 aliphatic carbocycles. The van der Waals surface area contributed by atoms with Crippen LogP contribution in [0.5, 0.6) is 0 Å². The molecule has 2 aromatic carbocycles. The van der Waals surface area contributed by atoms with Gasteiger partial charge in [0, 0.05) is 17.2 Å². The van der Waals surface area contributed by atoms with E-state index in [2.05, 4.69) is 22.6 Å². The molecular formula is C18H18INO3. The number of carbonyl (C=O) groups excluding carboxylic acids is 2. The maximum atomic E-state index is 12.3. The summed E-state index contributed by atoms with van der Waals surface area (Å²) in [5, 5.41) is 0. The van der Waals surface area contributed by atoms with E-state index in [1.807, 2.05) is 42.5 Å². The van der Waals surface area contributed by atoms with Crippen molar-refractivity contribution in [1.82, 2.24) is 4.90 Å². The van der Waals surface area contributed by atoms with Crippen molar-refractivity contribution in [3.8, 4) is 0 Å². The lowest BCUT2D eigenvalue weighted by Crippen LogP contribution is -2.37. The van der Waals surface area contributed by atoms with Crippen LogP contribution in [0.3, 0.4) is 0 Å². The number of halogens is 1. The zero-order chi connectivity index (χ0) is 16.8. The lowest BCUT2D eigenvalue weighted by molar-refractivity contribution is -0.139. The number of esters is 1. The number of hydrogen-bond donors (Lipinski definition) is 0. The van der Waals surface area contributed by atoms with E-state index >= 15 is 0 Å². The zero-order valence-electron chi connectivity index (χ0n) is 13.0. The number of hydrogen-bond acceptors (Lipinski definition) is 3. The maximum absolute atomic E-state index is 12.3. The molecule has 0 bridgehead atoms. The van der Waals surface area contributed by atoms with Crippen molar-refractivity contribution in [2.75, 3.05) is 7.05 Å². The maximum Gasteiger partial charge on any atom is 0.339 e. The Balaban J connectivity index is 1.97. The molecule has 2 aromatic rings. The van der Waals surface area contributed by atoms with Crippen LogP contribution in [0.4, 0.5) is 0 Å². The standard InChI is InChI=1S/C18H18INO3/c1-13(23-18(22)15-10-6-7-11-16(15)19)17(21)20(2)12-14-8-4-3-5-9-14/h3-11,13H,12H2,1-2H3. The van der Waals surface area contributed by atoms with E-state index in [-0.39, 0.29) is 5.91 Å². The van der Waals surface area contributed by atoms with Gasteiger partial charge in [0.05, 0.1) is 5.56 Å². The Morgan fingerprint density at radius 3 is 2.35 bits per heavy atom. The molecule has 0 saturated heterocycles. The molecule has 0 heterocycles. The molecule has 4 nitrogen and oxygen atoms in total.